The zero-order valence-electron chi connectivity index (χ0n) is 32.0. The summed E-state index contributed by atoms with van der Waals surface area (Å²) in [7, 11) is 0. The third-order valence-electron chi connectivity index (χ3n) is 11.0. The maximum atomic E-state index is 2.48. The van der Waals surface area contributed by atoms with Crippen molar-refractivity contribution < 1.29 is 0 Å². The zero-order valence-corrected chi connectivity index (χ0v) is 33.7. The van der Waals surface area contributed by atoms with Gasteiger partial charge in [0.2, 0.25) is 0 Å². The summed E-state index contributed by atoms with van der Waals surface area (Å²) in [5.74, 6) is 0. The van der Waals surface area contributed by atoms with Crippen LogP contribution in [0.1, 0.15) is 0 Å². The molecule has 59 heavy (non-hydrogen) atoms. The van der Waals surface area contributed by atoms with Gasteiger partial charge in [0.15, 0.2) is 0 Å². The summed E-state index contributed by atoms with van der Waals surface area (Å²) in [5, 5.41) is 4.99. The number of thiophene rings is 2. The van der Waals surface area contributed by atoms with E-state index in [0.717, 1.165) is 51.2 Å². The number of fused-ring (bicyclic) bond motifs is 6. The Balaban J connectivity index is 1.25. The van der Waals surface area contributed by atoms with E-state index in [4.69, 9.17) is 0 Å². The smallest absolute Gasteiger partial charge is 0.0661 e. The SMILES string of the molecule is c1ccc(N(c2ccccc2)c2cc(N(c3ccccc3)c3cc(N(c4ccccc4)c4ccccc4)c4c(c3)sc3ccccc34)c3sc4ccccc4c3c2)cc1. The number of hydrogen-bond acceptors (Lipinski definition) is 5. The van der Waals surface area contributed by atoms with Crippen LogP contribution in [0.3, 0.4) is 0 Å². The molecule has 3 nitrogen and oxygen atoms in total. The number of para-hydroxylation sites is 5. The molecule has 0 bridgehead atoms. The molecule has 0 saturated carbocycles. The van der Waals surface area contributed by atoms with Crippen molar-refractivity contribution in [1.29, 1.82) is 0 Å². The predicted octanol–water partition coefficient (Wildman–Crippen LogP) is 16.8. The summed E-state index contributed by atoms with van der Waals surface area (Å²) >= 11 is 3.72. The van der Waals surface area contributed by atoms with Crippen molar-refractivity contribution in [2.24, 2.45) is 0 Å². The lowest BCUT2D eigenvalue weighted by molar-refractivity contribution is 1.26. The lowest BCUT2D eigenvalue weighted by Crippen LogP contribution is -2.15. The number of hydrogen-bond donors (Lipinski definition) is 0. The Bertz CT molecular complexity index is 3140. The number of nitrogens with zero attached hydrogens (tertiary/aromatic N) is 3. The Morgan fingerprint density at radius 1 is 0.254 bits per heavy atom. The van der Waals surface area contributed by atoms with E-state index in [0.29, 0.717) is 0 Å². The van der Waals surface area contributed by atoms with Crippen molar-refractivity contribution >= 4 is 114 Å². The van der Waals surface area contributed by atoms with E-state index in [9.17, 15) is 0 Å². The van der Waals surface area contributed by atoms with Crippen molar-refractivity contribution in [1.82, 2.24) is 0 Å². The first kappa shape index (κ1) is 35.0. The molecule has 0 N–H and O–H groups in total. The minimum Gasteiger partial charge on any atom is -0.310 e. The molecule has 280 valence electrons. The van der Waals surface area contributed by atoms with E-state index >= 15 is 0 Å². The Labute approximate surface area is 351 Å². The molecule has 11 aromatic rings. The van der Waals surface area contributed by atoms with Crippen LogP contribution in [0.25, 0.3) is 40.3 Å². The molecule has 0 atom stereocenters. The third-order valence-corrected chi connectivity index (χ3v) is 13.3. The minimum atomic E-state index is 1.09. The van der Waals surface area contributed by atoms with E-state index in [-0.39, 0.29) is 0 Å². The maximum Gasteiger partial charge on any atom is 0.0661 e. The van der Waals surface area contributed by atoms with Crippen LogP contribution in [0, 0.1) is 0 Å². The molecule has 2 aromatic heterocycles. The van der Waals surface area contributed by atoms with Crippen LogP contribution in [0.5, 0.6) is 0 Å². The highest BCUT2D eigenvalue weighted by atomic mass is 32.1. The second-order valence-electron chi connectivity index (χ2n) is 14.6. The quantitative estimate of drug-likeness (QED) is 0.144. The molecule has 0 fully saturated rings. The van der Waals surface area contributed by atoms with Gasteiger partial charge in [-0.05, 0) is 97.1 Å². The van der Waals surface area contributed by atoms with Gasteiger partial charge in [0, 0.05) is 75.5 Å². The van der Waals surface area contributed by atoms with Gasteiger partial charge in [-0.1, -0.05) is 127 Å². The Hall–Kier alpha value is -7.18. The number of benzene rings is 9. The monoisotopic (exact) mass is 791 g/mol. The summed E-state index contributed by atoms with van der Waals surface area (Å²) in [4.78, 5) is 7.29. The molecule has 9 aromatic carbocycles. The summed E-state index contributed by atoms with van der Waals surface area (Å²) in [6, 6.07) is 81.1. The fourth-order valence-corrected chi connectivity index (χ4v) is 10.7. The molecule has 11 rings (SSSR count). The molecule has 0 spiro atoms. The number of anilines is 9. The van der Waals surface area contributed by atoms with Crippen molar-refractivity contribution in [3.05, 3.63) is 224 Å². The molecule has 0 radical (unpaired) electrons. The molecular weight excluding hydrogens is 755 g/mol. The highest BCUT2D eigenvalue weighted by Gasteiger charge is 2.26. The van der Waals surface area contributed by atoms with Crippen molar-refractivity contribution in [2.75, 3.05) is 14.7 Å². The Kier molecular flexibility index (Phi) is 8.88. The van der Waals surface area contributed by atoms with Crippen LogP contribution in [-0.2, 0) is 0 Å². The molecule has 2 heterocycles. The van der Waals surface area contributed by atoms with Crippen molar-refractivity contribution in [3.8, 4) is 0 Å². The normalized spacial score (nSPS) is 11.4. The van der Waals surface area contributed by atoms with Crippen LogP contribution >= 0.6 is 22.7 Å². The topological polar surface area (TPSA) is 9.72 Å². The summed E-state index contributed by atoms with van der Waals surface area (Å²) in [6.45, 7) is 0. The number of rotatable bonds is 9. The van der Waals surface area contributed by atoms with Crippen LogP contribution in [-0.4, -0.2) is 0 Å². The van der Waals surface area contributed by atoms with Gasteiger partial charge in [-0.3, -0.25) is 0 Å². The van der Waals surface area contributed by atoms with Gasteiger partial charge in [0.05, 0.1) is 16.1 Å². The van der Waals surface area contributed by atoms with Crippen LogP contribution in [0.2, 0.25) is 0 Å². The van der Waals surface area contributed by atoms with Crippen molar-refractivity contribution in [2.45, 2.75) is 0 Å². The maximum absolute atomic E-state index is 2.48. The second-order valence-corrected chi connectivity index (χ2v) is 16.7. The molecule has 0 unspecified atom stereocenters. The van der Waals surface area contributed by atoms with Gasteiger partial charge in [-0.15, -0.1) is 22.7 Å². The molecule has 0 amide bonds. The van der Waals surface area contributed by atoms with E-state index < -0.39 is 0 Å². The lowest BCUT2D eigenvalue weighted by Gasteiger charge is -2.32. The van der Waals surface area contributed by atoms with Gasteiger partial charge in [-0.2, -0.15) is 0 Å². The molecule has 5 heteroatoms. The van der Waals surface area contributed by atoms with E-state index in [1.807, 2.05) is 22.7 Å². The first-order chi connectivity index (χ1) is 29.3. The average Bonchev–Trinajstić information content (AvgIpc) is 3.87. The third kappa shape index (κ3) is 6.29. The molecule has 0 aliphatic heterocycles. The van der Waals surface area contributed by atoms with Crippen molar-refractivity contribution in [3.63, 3.8) is 0 Å². The van der Waals surface area contributed by atoms with Crippen LogP contribution in [0.4, 0.5) is 51.2 Å². The predicted molar refractivity (Wildman–Crippen MR) is 256 cm³/mol. The summed E-state index contributed by atoms with van der Waals surface area (Å²) < 4.78 is 5.00. The fraction of sp³-hybridized carbons (Fsp3) is 0. The second kappa shape index (κ2) is 15.0. The first-order valence-corrected chi connectivity index (χ1v) is 21.5. The highest BCUT2D eigenvalue weighted by molar-refractivity contribution is 7.26. The van der Waals surface area contributed by atoms with E-state index in [2.05, 4.69) is 239 Å². The van der Waals surface area contributed by atoms with E-state index in [1.165, 1.54) is 40.3 Å². The fourth-order valence-electron chi connectivity index (χ4n) is 8.40. The lowest BCUT2D eigenvalue weighted by atomic mass is 10.0. The minimum absolute atomic E-state index is 1.09. The summed E-state index contributed by atoms with van der Waals surface area (Å²) in [5.41, 5.74) is 9.94. The Morgan fingerprint density at radius 3 is 1.17 bits per heavy atom. The van der Waals surface area contributed by atoms with Gasteiger partial charge >= 0.3 is 0 Å². The summed E-state index contributed by atoms with van der Waals surface area (Å²) in [6.07, 6.45) is 0. The first-order valence-electron chi connectivity index (χ1n) is 19.8. The van der Waals surface area contributed by atoms with Crippen LogP contribution in [0.15, 0.2) is 224 Å². The van der Waals surface area contributed by atoms with Gasteiger partial charge in [-0.25, -0.2) is 0 Å². The van der Waals surface area contributed by atoms with Crippen LogP contribution < -0.4 is 14.7 Å². The zero-order chi connectivity index (χ0) is 39.1. The van der Waals surface area contributed by atoms with E-state index in [1.54, 1.807) is 0 Å². The van der Waals surface area contributed by atoms with Gasteiger partial charge in [0.1, 0.15) is 0 Å². The Morgan fingerprint density at radius 2 is 0.644 bits per heavy atom. The van der Waals surface area contributed by atoms with Gasteiger partial charge < -0.3 is 14.7 Å². The molecule has 0 aliphatic carbocycles. The average molecular weight is 792 g/mol. The molecule has 0 aliphatic rings. The largest absolute Gasteiger partial charge is 0.310 e. The highest BCUT2D eigenvalue weighted by Crippen LogP contribution is 2.52. The van der Waals surface area contributed by atoms with Gasteiger partial charge in [0.25, 0.3) is 0 Å². The standard InChI is InChI=1S/C54H37N3S2/c1-6-20-38(21-7-1)55(39-22-8-2-9-23-39)43-34-47-45-30-16-18-32-50(45)59-54(47)49(36-43)57(42-28-14-5-15-29-42)44-35-48(53-46-31-17-19-33-51(46)58-52(53)37-44)56(40-24-10-3-11-25-40)41-26-12-4-13-27-41/h1-37H. The molecule has 0 saturated heterocycles. The molecular formula is C54H37N3S2.